The van der Waals surface area contributed by atoms with Gasteiger partial charge in [-0.15, -0.1) is 0 Å². The molecule has 1 amide bonds. The average molecular weight is 300 g/mol. The van der Waals surface area contributed by atoms with E-state index in [-0.39, 0.29) is 5.91 Å². The maximum Gasteiger partial charge on any atom is 0.251 e. The van der Waals surface area contributed by atoms with E-state index in [1.807, 2.05) is 25.2 Å². The lowest BCUT2D eigenvalue weighted by Crippen LogP contribution is -2.51. The number of rotatable bonds is 3. The summed E-state index contributed by atoms with van der Waals surface area (Å²) in [4.78, 5) is 19.0. The highest BCUT2D eigenvalue weighted by Crippen LogP contribution is 2.23. The molecule has 1 saturated carbocycles. The van der Waals surface area contributed by atoms with Crippen molar-refractivity contribution < 1.29 is 9.53 Å². The number of nitrogens with zero attached hydrogens (tertiary/aromatic N) is 3. The summed E-state index contributed by atoms with van der Waals surface area (Å²) in [5.41, 5.74) is 2.08. The normalized spacial score (nSPS) is 22.0. The lowest BCUT2D eigenvalue weighted by atomic mass is 10.2. The van der Waals surface area contributed by atoms with Gasteiger partial charge in [0.15, 0.2) is 6.10 Å². The van der Waals surface area contributed by atoms with Crippen molar-refractivity contribution in [3.8, 4) is 0 Å². The molecule has 1 aromatic heterocycles. The first-order chi connectivity index (χ1) is 10.7. The molecule has 0 spiro atoms. The number of para-hydroxylation sites is 2. The van der Waals surface area contributed by atoms with Gasteiger partial charge < -0.3 is 19.5 Å². The van der Waals surface area contributed by atoms with Crippen molar-refractivity contribution in [3.63, 3.8) is 0 Å². The summed E-state index contributed by atoms with van der Waals surface area (Å²) in [5, 5.41) is 3.02. The molecule has 1 aliphatic heterocycles. The Labute approximate surface area is 129 Å². The zero-order valence-corrected chi connectivity index (χ0v) is 12.7. The summed E-state index contributed by atoms with van der Waals surface area (Å²) in [6.45, 7) is 1.85. The van der Waals surface area contributed by atoms with E-state index < -0.39 is 6.10 Å². The van der Waals surface area contributed by atoms with Crippen LogP contribution in [0.4, 0.5) is 5.95 Å². The first-order valence-electron chi connectivity index (χ1n) is 7.81. The van der Waals surface area contributed by atoms with Crippen LogP contribution in [0, 0.1) is 0 Å². The van der Waals surface area contributed by atoms with Crippen LogP contribution in [0.25, 0.3) is 11.0 Å². The Morgan fingerprint density at radius 2 is 2.18 bits per heavy atom. The summed E-state index contributed by atoms with van der Waals surface area (Å²) >= 11 is 0. The predicted octanol–water partition coefficient (Wildman–Crippen LogP) is 1.06. The average Bonchev–Trinajstić information content (AvgIpc) is 3.30. The van der Waals surface area contributed by atoms with E-state index in [4.69, 9.17) is 9.72 Å². The molecule has 0 bridgehead atoms. The molecule has 2 aliphatic rings. The van der Waals surface area contributed by atoms with Crippen molar-refractivity contribution in [2.24, 2.45) is 7.05 Å². The number of imidazole rings is 1. The molecule has 2 aromatic rings. The van der Waals surface area contributed by atoms with E-state index in [0.717, 1.165) is 36.4 Å². The van der Waals surface area contributed by atoms with E-state index in [2.05, 4.69) is 20.9 Å². The SMILES string of the molecule is Cn1c(N2CCOC(C(=O)NC3CC3)C2)nc2ccccc21. The molecule has 22 heavy (non-hydrogen) atoms. The monoisotopic (exact) mass is 300 g/mol. The van der Waals surface area contributed by atoms with Crippen molar-refractivity contribution in [1.29, 1.82) is 0 Å². The van der Waals surface area contributed by atoms with Crippen LogP contribution in [-0.4, -0.2) is 47.3 Å². The van der Waals surface area contributed by atoms with Crippen LogP contribution in [0.15, 0.2) is 24.3 Å². The van der Waals surface area contributed by atoms with Crippen molar-refractivity contribution in [2.45, 2.75) is 25.0 Å². The Kier molecular flexibility index (Phi) is 3.26. The molecule has 4 rings (SSSR count). The molecule has 1 atom stereocenters. The molecular formula is C16H20N4O2. The summed E-state index contributed by atoms with van der Waals surface area (Å²) < 4.78 is 7.72. The number of morpholine rings is 1. The second kappa shape index (κ2) is 5.28. The first kappa shape index (κ1) is 13.6. The Balaban J connectivity index is 1.55. The molecule has 2 fully saturated rings. The number of carbonyl (C=O) groups excluding carboxylic acids is 1. The minimum atomic E-state index is -0.408. The van der Waals surface area contributed by atoms with Crippen LogP contribution in [-0.2, 0) is 16.6 Å². The summed E-state index contributed by atoms with van der Waals surface area (Å²) in [5.74, 6) is 0.902. The van der Waals surface area contributed by atoms with Crippen molar-refractivity contribution in [3.05, 3.63) is 24.3 Å². The Morgan fingerprint density at radius 3 is 2.95 bits per heavy atom. The number of nitrogens with one attached hydrogen (secondary N) is 1. The standard InChI is InChI=1S/C16H20N4O2/c1-19-13-5-3-2-4-12(13)18-16(19)20-8-9-22-14(10-20)15(21)17-11-6-7-11/h2-5,11,14H,6-10H2,1H3,(H,17,21). The lowest BCUT2D eigenvalue weighted by Gasteiger charge is -2.32. The zero-order chi connectivity index (χ0) is 15.1. The highest BCUT2D eigenvalue weighted by Gasteiger charge is 2.32. The fourth-order valence-electron chi connectivity index (χ4n) is 2.93. The van der Waals surface area contributed by atoms with E-state index >= 15 is 0 Å². The summed E-state index contributed by atoms with van der Waals surface area (Å²) in [7, 11) is 2.01. The van der Waals surface area contributed by atoms with Gasteiger partial charge in [-0.1, -0.05) is 12.1 Å². The highest BCUT2D eigenvalue weighted by molar-refractivity contribution is 5.83. The number of carbonyl (C=O) groups is 1. The van der Waals surface area contributed by atoms with Gasteiger partial charge in [-0.05, 0) is 25.0 Å². The van der Waals surface area contributed by atoms with Crippen LogP contribution in [0.5, 0.6) is 0 Å². The van der Waals surface area contributed by atoms with Crippen LogP contribution < -0.4 is 10.2 Å². The van der Waals surface area contributed by atoms with Gasteiger partial charge in [0.05, 0.1) is 24.2 Å². The van der Waals surface area contributed by atoms with Crippen LogP contribution in [0.2, 0.25) is 0 Å². The second-order valence-electron chi connectivity index (χ2n) is 6.05. The topological polar surface area (TPSA) is 59.4 Å². The van der Waals surface area contributed by atoms with Crippen molar-refractivity contribution in [2.75, 3.05) is 24.6 Å². The summed E-state index contributed by atoms with van der Waals surface area (Å²) in [6, 6.07) is 8.44. The molecule has 6 heteroatoms. The lowest BCUT2D eigenvalue weighted by molar-refractivity contribution is -0.133. The number of aromatic nitrogens is 2. The van der Waals surface area contributed by atoms with Gasteiger partial charge in [-0.25, -0.2) is 4.98 Å². The van der Waals surface area contributed by atoms with E-state index in [0.29, 0.717) is 19.2 Å². The first-order valence-corrected chi connectivity index (χ1v) is 7.81. The Morgan fingerprint density at radius 1 is 1.36 bits per heavy atom. The Bertz CT molecular complexity index is 707. The maximum absolute atomic E-state index is 12.2. The highest BCUT2D eigenvalue weighted by atomic mass is 16.5. The van der Waals surface area contributed by atoms with Gasteiger partial charge >= 0.3 is 0 Å². The molecule has 116 valence electrons. The molecular weight excluding hydrogens is 280 g/mol. The largest absolute Gasteiger partial charge is 0.365 e. The summed E-state index contributed by atoms with van der Waals surface area (Å²) in [6.07, 6.45) is 1.77. The fraction of sp³-hybridized carbons (Fsp3) is 0.500. The second-order valence-corrected chi connectivity index (χ2v) is 6.05. The number of amides is 1. The van der Waals surface area contributed by atoms with E-state index in [1.54, 1.807) is 0 Å². The van der Waals surface area contributed by atoms with Gasteiger partial charge in [-0.3, -0.25) is 4.79 Å². The third kappa shape index (κ3) is 2.43. The van der Waals surface area contributed by atoms with Crippen LogP contribution >= 0.6 is 0 Å². The number of aryl methyl sites for hydroxylation is 1. The molecule has 0 radical (unpaired) electrons. The molecule has 2 heterocycles. The predicted molar refractivity (Wildman–Crippen MR) is 83.8 cm³/mol. The minimum absolute atomic E-state index is 0.00552. The molecule has 1 unspecified atom stereocenters. The maximum atomic E-state index is 12.2. The molecule has 1 saturated heterocycles. The van der Waals surface area contributed by atoms with Gasteiger partial charge in [-0.2, -0.15) is 0 Å². The third-order valence-electron chi connectivity index (χ3n) is 4.33. The number of fused-ring (bicyclic) bond motifs is 1. The molecule has 1 N–H and O–H groups in total. The molecule has 6 nitrogen and oxygen atoms in total. The fourth-order valence-corrected chi connectivity index (χ4v) is 2.93. The number of hydrogen-bond donors (Lipinski definition) is 1. The third-order valence-corrected chi connectivity index (χ3v) is 4.33. The van der Waals surface area contributed by atoms with Crippen molar-refractivity contribution in [1.82, 2.24) is 14.9 Å². The minimum Gasteiger partial charge on any atom is -0.365 e. The van der Waals surface area contributed by atoms with E-state index in [1.165, 1.54) is 0 Å². The number of ether oxygens (including phenoxy) is 1. The van der Waals surface area contributed by atoms with Crippen molar-refractivity contribution >= 4 is 22.9 Å². The van der Waals surface area contributed by atoms with Gasteiger partial charge in [0.1, 0.15) is 0 Å². The van der Waals surface area contributed by atoms with Gasteiger partial charge in [0.25, 0.3) is 5.91 Å². The Hall–Kier alpha value is -2.08. The zero-order valence-electron chi connectivity index (χ0n) is 12.7. The van der Waals surface area contributed by atoms with Crippen LogP contribution in [0.3, 0.4) is 0 Å². The quantitative estimate of drug-likeness (QED) is 0.921. The smallest absolute Gasteiger partial charge is 0.251 e. The number of benzene rings is 1. The van der Waals surface area contributed by atoms with Gasteiger partial charge in [0, 0.05) is 19.6 Å². The molecule has 1 aliphatic carbocycles. The molecule has 1 aromatic carbocycles. The van der Waals surface area contributed by atoms with E-state index in [9.17, 15) is 4.79 Å². The number of hydrogen-bond acceptors (Lipinski definition) is 4. The van der Waals surface area contributed by atoms with Gasteiger partial charge in [0.2, 0.25) is 5.95 Å². The number of anilines is 1. The van der Waals surface area contributed by atoms with Crippen LogP contribution in [0.1, 0.15) is 12.8 Å².